The van der Waals surface area contributed by atoms with Crippen LogP contribution >= 0.6 is 0 Å². The average Bonchev–Trinajstić information content (AvgIpc) is 2.67. The normalized spacial score (nSPS) is 29.7. The molecule has 3 aliphatic rings. The summed E-state index contributed by atoms with van der Waals surface area (Å²) in [6, 6.07) is 8.28. The van der Waals surface area contributed by atoms with Gasteiger partial charge in [-0.05, 0) is 49.1 Å². The Morgan fingerprint density at radius 2 is 2.20 bits per heavy atom. The summed E-state index contributed by atoms with van der Waals surface area (Å²) in [5.41, 5.74) is 1.93. The lowest BCUT2D eigenvalue weighted by Gasteiger charge is -2.48. The Kier molecular flexibility index (Phi) is 4.65. The van der Waals surface area contributed by atoms with Gasteiger partial charge in [0.2, 0.25) is 0 Å². The molecule has 134 valence electrons. The van der Waals surface area contributed by atoms with Crippen LogP contribution in [0.1, 0.15) is 44.8 Å². The predicted octanol–water partition coefficient (Wildman–Crippen LogP) is 2.37. The van der Waals surface area contributed by atoms with Crippen molar-refractivity contribution in [2.24, 2.45) is 11.8 Å². The maximum absolute atomic E-state index is 11.3. The summed E-state index contributed by atoms with van der Waals surface area (Å²) >= 11 is 0. The second-order valence-corrected chi connectivity index (χ2v) is 7.63. The lowest BCUT2D eigenvalue weighted by Crippen LogP contribution is -3.20. The lowest BCUT2D eigenvalue weighted by molar-refractivity contribution is -0.950. The monoisotopic (exact) mass is 341 g/mol. The summed E-state index contributed by atoms with van der Waals surface area (Å²) in [6.07, 6.45) is 5.12. The number of hydrogen-bond acceptors (Lipinski definition) is 3. The first-order valence-corrected chi connectivity index (χ1v) is 9.75. The van der Waals surface area contributed by atoms with Gasteiger partial charge in [-0.15, -0.1) is 0 Å². The number of aliphatic hydroxyl groups is 1. The number of quaternary nitrogens is 1. The van der Waals surface area contributed by atoms with Crippen LogP contribution in [0.5, 0.6) is 5.75 Å². The molecule has 0 amide bonds. The molecule has 0 radical (unpaired) electrons. The number of fused-ring (bicyclic) bond motifs is 4. The maximum Gasteiger partial charge on any atom is 0.131 e. The number of nitrogens with one attached hydrogen (secondary N) is 1. The Morgan fingerprint density at radius 3 is 2.92 bits per heavy atom. The third-order valence-corrected chi connectivity index (χ3v) is 6.39. The van der Waals surface area contributed by atoms with E-state index in [0.717, 1.165) is 40.5 Å². The number of benzene rings is 1. The van der Waals surface area contributed by atoms with Gasteiger partial charge in [0, 0.05) is 30.3 Å². The number of nitrogens with zero attached hydrogens (tertiary/aromatic N) is 1. The topological polar surface area (TPSA) is 46.8 Å². The summed E-state index contributed by atoms with van der Waals surface area (Å²) in [7, 11) is 0. The average molecular weight is 341 g/mol. The predicted molar refractivity (Wildman–Crippen MR) is 98.9 cm³/mol. The first-order chi connectivity index (χ1) is 12.2. The zero-order valence-corrected chi connectivity index (χ0v) is 15.2. The van der Waals surface area contributed by atoms with E-state index in [9.17, 15) is 5.11 Å². The molecular weight excluding hydrogens is 312 g/mol. The van der Waals surface area contributed by atoms with Crippen LogP contribution in [0.25, 0.3) is 10.9 Å². The van der Waals surface area contributed by atoms with Crippen LogP contribution in [0.2, 0.25) is 0 Å². The van der Waals surface area contributed by atoms with Gasteiger partial charge in [0.1, 0.15) is 17.9 Å². The minimum absolute atomic E-state index is 0.308. The number of piperidine rings is 3. The van der Waals surface area contributed by atoms with E-state index in [1.165, 1.54) is 25.9 Å². The number of aliphatic hydroxyl groups excluding tert-OH is 1. The standard InChI is InChI=1S/C21H28N2O2/c1-3-14-13-23-10-8-15(14)11-20(23)21(24)17-7-9-22-19-6-5-16(25-4-2)12-18(17)19/h5-7,9,12,14-15,20-21,24H,3-4,8,10-11,13H2,1-2H3/p+1/t14-,15+,20+,21+/m0/s1. The van der Waals surface area contributed by atoms with Gasteiger partial charge < -0.3 is 14.7 Å². The van der Waals surface area contributed by atoms with Gasteiger partial charge in [0.25, 0.3) is 0 Å². The lowest BCUT2D eigenvalue weighted by atomic mass is 9.72. The second kappa shape index (κ2) is 6.93. The van der Waals surface area contributed by atoms with E-state index < -0.39 is 6.10 Å². The molecule has 2 aromatic rings. The van der Waals surface area contributed by atoms with Crippen molar-refractivity contribution >= 4 is 10.9 Å². The van der Waals surface area contributed by atoms with Crippen LogP contribution in [0.15, 0.2) is 30.5 Å². The first-order valence-electron chi connectivity index (χ1n) is 9.75. The second-order valence-electron chi connectivity index (χ2n) is 7.63. The molecule has 1 aromatic carbocycles. The Balaban J connectivity index is 1.66. The molecule has 1 unspecified atom stereocenters. The van der Waals surface area contributed by atoms with Crippen molar-refractivity contribution in [2.75, 3.05) is 19.7 Å². The van der Waals surface area contributed by atoms with E-state index >= 15 is 0 Å². The van der Waals surface area contributed by atoms with Gasteiger partial charge in [-0.2, -0.15) is 0 Å². The summed E-state index contributed by atoms with van der Waals surface area (Å²) in [6.45, 7) is 7.36. The van der Waals surface area contributed by atoms with Crippen molar-refractivity contribution in [1.29, 1.82) is 0 Å². The van der Waals surface area contributed by atoms with Crippen molar-refractivity contribution in [3.05, 3.63) is 36.0 Å². The molecule has 3 fully saturated rings. The molecule has 2 N–H and O–H groups in total. The molecule has 3 aliphatic heterocycles. The number of rotatable bonds is 5. The molecule has 0 aliphatic carbocycles. The smallest absolute Gasteiger partial charge is 0.131 e. The highest BCUT2D eigenvalue weighted by molar-refractivity contribution is 5.83. The van der Waals surface area contributed by atoms with Crippen LogP contribution in [-0.4, -0.2) is 35.8 Å². The summed E-state index contributed by atoms with van der Waals surface area (Å²) in [4.78, 5) is 6.06. The molecular formula is C21H29N2O2+. The number of pyridine rings is 1. The van der Waals surface area contributed by atoms with Crippen LogP contribution in [0.3, 0.4) is 0 Å². The molecule has 4 heteroatoms. The van der Waals surface area contributed by atoms with E-state index in [-0.39, 0.29) is 0 Å². The van der Waals surface area contributed by atoms with Gasteiger partial charge in [0.15, 0.2) is 0 Å². The van der Waals surface area contributed by atoms with Crippen LogP contribution in [0, 0.1) is 11.8 Å². The Labute approximate surface area is 149 Å². The minimum atomic E-state index is -0.432. The van der Waals surface area contributed by atoms with Gasteiger partial charge in [-0.25, -0.2) is 0 Å². The SMILES string of the molecule is CCOc1ccc2nccc([C@@H](O)[C@H]3C[C@H]4CC[NH+]3C[C@@H]4CC)c2c1. The number of aromatic nitrogens is 1. The largest absolute Gasteiger partial charge is 0.494 e. The van der Waals surface area contributed by atoms with E-state index in [1.807, 2.05) is 37.4 Å². The summed E-state index contributed by atoms with van der Waals surface area (Å²) < 4.78 is 5.66. The summed E-state index contributed by atoms with van der Waals surface area (Å²) in [5.74, 6) is 2.47. The highest BCUT2D eigenvalue weighted by Gasteiger charge is 2.46. The van der Waals surface area contributed by atoms with Crippen LogP contribution in [0.4, 0.5) is 0 Å². The summed E-state index contributed by atoms with van der Waals surface area (Å²) in [5, 5.41) is 12.3. The van der Waals surface area contributed by atoms with Crippen molar-refractivity contribution in [2.45, 2.75) is 45.3 Å². The maximum atomic E-state index is 11.3. The van der Waals surface area contributed by atoms with Gasteiger partial charge in [-0.1, -0.05) is 6.92 Å². The Hall–Kier alpha value is -1.65. The molecule has 4 heterocycles. The fourth-order valence-electron chi connectivity index (χ4n) is 5.06. The molecule has 2 bridgehead atoms. The molecule has 0 spiro atoms. The van der Waals surface area contributed by atoms with Gasteiger partial charge in [0.05, 0.1) is 25.2 Å². The van der Waals surface area contributed by atoms with Crippen LogP contribution in [-0.2, 0) is 0 Å². The molecule has 1 aromatic heterocycles. The van der Waals surface area contributed by atoms with Crippen molar-refractivity contribution < 1.29 is 14.7 Å². The zero-order chi connectivity index (χ0) is 17.4. The van der Waals surface area contributed by atoms with E-state index in [4.69, 9.17) is 4.74 Å². The van der Waals surface area contributed by atoms with E-state index in [0.29, 0.717) is 12.6 Å². The van der Waals surface area contributed by atoms with Crippen molar-refractivity contribution in [1.82, 2.24) is 4.98 Å². The van der Waals surface area contributed by atoms with Gasteiger partial charge >= 0.3 is 0 Å². The Morgan fingerprint density at radius 1 is 1.32 bits per heavy atom. The highest BCUT2D eigenvalue weighted by atomic mass is 16.5. The molecule has 3 saturated heterocycles. The fourth-order valence-corrected chi connectivity index (χ4v) is 5.06. The zero-order valence-electron chi connectivity index (χ0n) is 15.2. The minimum Gasteiger partial charge on any atom is -0.494 e. The van der Waals surface area contributed by atoms with Crippen molar-refractivity contribution in [3.8, 4) is 5.75 Å². The number of hydrogen-bond donors (Lipinski definition) is 2. The third-order valence-electron chi connectivity index (χ3n) is 6.39. The van der Waals surface area contributed by atoms with E-state index in [2.05, 4.69) is 11.9 Å². The molecule has 5 rings (SSSR count). The molecule has 5 atom stereocenters. The third kappa shape index (κ3) is 3.02. The quantitative estimate of drug-likeness (QED) is 0.878. The molecule has 4 nitrogen and oxygen atoms in total. The molecule has 25 heavy (non-hydrogen) atoms. The van der Waals surface area contributed by atoms with E-state index in [1.54, 1.807) is 4.90 Å². The number of ether oxygens (including phenoxy) is 1. The van der Waals surface area contributed by atoms with Crippen LogP contribution < -0.4 is 9.64 Å². The Bertz CT molecular complexity index is 748. The molecule has 0 saturated carbocycles. The fraction of sp³-hybridized carbons (Fsp3) is 0.571. The van der Waals surface area contributed by atoms with Crippen molar-refractivity contribution in [3.63, 3.8) is 0 Å². The highest BCUT2D eigenvalue weighted by Crippen LogP contribution is 2.35. The first kappa shape index (κ1) is 16.8. The van der Waals surface area contributed by atoms with Gasteiger partial charge in [-0.3, -0.25) is 4.98 Å².